The normalized spacial score (nSPS) is 22.0. The Balaban J connectivity index is 1.53. The van der Waals surface area contributed by atoms with Gasteiger partial charge in [-0.1, -0.05) is 30.3 Å². The second-order valence-corrected chi connectivity index (χ2v) is 6.90. The first kappa shape index (κ1) is 18.6. The molecular formula is C20H26N2O4. The summed E-state index contributed by atoms with van der Waals surface area (Å²) in [5, 5.41) is 0. The number of imide groups is 1. The number of hydrogen-bond donors (Lipinski definition) is 0. The third kappa shape index (κ3) is 4.12. The SMILES string of the molecule is CCOC(=O)C1CCN([C@@H]2CC(=O)N(CCc3ccccc3)C2=O)CC1. The van der Waals surface area contributed by atoms with Gasteiger partial charge in [0, 0.05) is 6.54 Å². The molecule has 0 N–H and O–H groups in total. The van der Waals surface area contributed by atoms with Crippen LogP contribution in [0.15, 0.2) is 30.3 Å². The number of esters is 1. The summed E-state index contributed by atoms with van der Waals surface area (Å²) in [6.07, 6.45) is 2.29. The molecule has 2 saturated heterocycles. The minimum atomic E-state index is -0.374. The number of benzene rings is 1. The van der Waals surface area contributed by atoms with Gasteiger partial charge in [0.05, 0.1) is 25.0 Å². The molecule has 2 aliphatic rings. The Morgan fingerprint density at radius 1 is 1.15 bits per heavy atom. The molecule has 2 amide bonds. The summed E-state index contributed by atoms with van der Waals surface area (Å²) >= 11 is 0. The summed E-state index contributed by atoms with van der Waals surface area (Å²) in [6.45, 7) is 3.93. The Labute approximate surface area is 154 Å². The van der Waals surface area contributed by atoms with Crippen molar-refractivity contribution in [1.82, 2.24) is 9.80 Å². The summed E-state index contributed by atoms with van der Waals surface area (Å²) in [7, 11) is 0. The van der Waals surface area contributed by atoms with Crippen molar-refractivity contribution < 1.29 is 19.1 Å². The first-order valence-corrected chi connectivity index (χ1v) is 9.39. The lowest BCUT2D eigenvalue weighted by Gasteiger charge is -2.33. The molecule has 6 heteroatoms. The van der Waals surface area contributed by atoms with Gasteiger partial charge in [0.15, 0.2) is 0 Å². The maximum Gasteiger partial charge on any atom is 0.309 e. The largest absolute Gasteiger partial charge is 0.466 e. The lowest BCUT2D eigenvalue weighted by molar-refractivity contribution is -0.150. The highest BCUT2D eigenvalue weighted by Gasteiger charge is 2.42. The van der Waals surface area contributed by atoms with E-state index in [1.807, 2.05) is 30.3 Å². The number of carbonyl (C=O) groups excluding carboxylic acids is 3. The zero-order valence-corrected chi connectivity index (χ0v) is 15.2. The van der Waals surface area contributed by atoms with Crippen LogP contribution in [0.5, 0.6) is 0 Å². The maximum atomic E-state index is 12.7. The number of nitrogens with zero attached hydrogens (tertiary/aromatic N) is 2. The zero-order valence-electron chi connectivity index (χ0n) is 15.2. The van der Waals surface area contributed by atoms with Crippen LogP contribution in [-0.4, -0.2) is 59.9 Å². The first-order chi connectivity index (χ1) is 12.6. The van der Waals surface area contributed by atoms with Gasteiger partial charge in [-0.25, -0.2) is 0 Å². The molecule has 0 unspecified atom stereocenters. The number of hydrogen-bond acceptors (Lipinski definition) is 5. The van der Waals surface area contributed by atoms with E-state index in [2.05, 4.69) is 4.90 Å². The molecule has 0 saturated carbocycles. The zero-order chi connectivity index (χ0) is 18.5. The highest BCUT2D eigenvalue weighted by atomic mass is 16.5. The van der Waals surface area contributed by atoms with Gasteiger partial charge in [-0.15, -0.1) is 0 Å². The predicted molar refractivity (Wildman–Crippen MR) is 96.2 cm³/mol. The monoisotopic (exact) mass is 358 g/mol. The van der Waals surface area contributed by atoms with Crippen molar-refractivity contribution in [3.8, 4) is 0 Å². The van der Waals surface area contributed by atoms with Crippen LogP contribution >= 0.6 is 0 Å². The highest BCUT2D eigenvalue weighted by molar-refractivity contribution is 6.05. The second-order valence-electron chi connectivity index (χ2n) is 6.90. The number of ether oxygens (including phenoxy) is 1. The lowest BCUT2D eigenvalue weighted by Crippen LogP contribution is -2.47. The van der Waals surface area contributed by atoms with Crippen LogP contribution in [0.2, 0.25) is 0 Å². The molecule has 3 rings (SSSR count). The molecule has 1 aromatic carbocycles. The number of rotatable bonds is 6. The fraction of sp³-hybridized carbons (Fsp3) is 0.550. The molecule has 2 heterocycles. The molecule has 0 bridgehead atoms. The van der Waals surface area contributed by atoms with Gasteiger partial charge < -0.3 is 4.74 Å². The molecule has 0 aromatic heterocycles. The van der Waals surface area contributed by atoms with Crippen molar-refractivity contribution in [3.05, 3.63) is 35.9 Å². The number of amides is 2. The Kier molecular flexibility index (Phi) is 6.04. The van der Waals surface area contributed by atoms with Gasteiger partial charge in [0.25, 0.3) is 0 Å². The second kappa shape index (κ2) is 8.45. The molecule has 140 valence electrons. The topological polar surface area (TPSA) is 66.9 Å². The first-order valence-electron chi connectivity index (χ1n) is 9.39. The van der Waals surface area contributed by atoms with Crippen LogP contribution in [0, 0.1) is 5.92 Å². The molecule has 2 fully saturated rings. The van der Waals surface area contributed by atoms with Crippen molar-refractivity contribution in [1.29, 1.82) is 0 Å². The van der Waals surface area contributed by atoms with Crippen molar-refractivity contribution in [2.24, 2.45) is 5.92 Å². The van der Waals surface area contributed by atoms with Crippen LogP contribution < -0.4 is 0 Å². The molecule has 0 aliphatic carbocycles. The van der Waals surface area contributed by atoms with Crippen LogP contribution in [-0.2, 0) is 25.5 Å². The van der Waals surface area contributed by atoms with E-state index in [-0.39, 0.29) is 36.2 Å². The Bertz CT molecular complexity index is 653. The van der Waals surface area contributed by atoms with Crippen LogP contribution in [0.25, 0.3) is 0 Å². The molecule has 0 radical (unpaired) electrons. The van der Waals surface area contributed by atoms with E-state index in [0.717, 1.165) is 5.56 Å². The molecule has 1 aromatic rings. The molecule has 26 heavy (non-hydrogen) atoms. The molecule has 1 atom stereocenters. The number of piperidine rings is 1. The third-order valence-corrected chi connectivity index (χ3v) is 5.28. The van der Waals surface area contributed by atoms with E-state index >= 15 is 0 Å². The quantitative estimate of drug-likeness (QED) is 0.571. The minimum absolute atomic E-state index is 0.0902. The van der Waals surface area contributed by atoms with Gasteiger partial charge in [0.1, 0.15) is 0 Å². The fourth-order valence-corrected chi connectivity index (χ4v) is 3.78. The average Bonchev–Trinajstić information content (AvgIpc) is 2.95. The van der Waals surface area contributed by atoms with Crippen LogP contribution in [0.3, 0.4) is 0 Å². The number of carbonyl (C=O) groups is 3. The highest BCUT2D eigenvalue weighted by Crippen LogP contribution is 2.26. The molecule has 2 aliphatic heterocycles. The van der Waals surface area contributed by atoms with E-state index in [9.17, 15) is 14.4 Å². The van der Waals surface area contributed by atoms with E-state index < -0.39 is 0 Å². The summed E-state index contributed by atoms with van der Waals surface area (Å²) in [5.41, 5.74) is 1.12. The average molecular weight is 358 g/mol. The van der Waals surface area contributed by atoms with Crippen molar-refractivity contribution >= 4 is 17.8 Å². The van der Waals surface area contributed by atoms with Crippen molar-refractivity contribution in [2.75, 3.05) is 26.2 Å². The van der Waals surface area contributed by atoms with E-state index in [0.29, 0.717) is 45.5 Å². The smallest absolute Gasteiger partial charge is 0.309 e. The van der Waals surface area contributed by atoms with Crippen LogP contribution in [0.4, 0.5) is 0 Å². The van der Waals surface area contributed by atoms with Gasteiger partial charge in [-0.3, -0.25) is 24.2 Å². The van der Waals surface area contributed by atoms with E-state index in [1.165, 1.54) is 4.90 Å². The fourth-order valence-electron chi connectivity index (χ4n) is 3.78. The van der Waals surface area contributed by atoms with Gasteiger partial charge in [0.2, 0.25) is 11.8 Å². The Hall–Kier alpha value is -2.21. The third-order valence-electron chi connectivity index (χ3n) is 5.28. The van der Waals surface area contributed by atoms with Gasteiger partial charge >= 0.3 is 5.97 Å². The Morgan fingerprint density at radius 3 is 2.50 bits per heavy atom. The summed E-state index contributed by atoms with van der Waals surface area (Å²) < 4.78 is 5.08. The van der Waals surface area contributed by atoms with Gasteiger partial charge in [-0.05, 0) is 44.8 Å². The molecule has 6 nitrogen and oxygen atoms in total. The number of likely N-dealkylation sites (tertiary alicyclic amines) is 2. The standard InChI is InChI=1S/C20H26N2O4/c1-2-26-20(25)16-9-11-21(12-10-16)17-14-18(23)22(19(17)24)13-8-15-6-4-3-5-7-15/h3-7,16-17H,2,8-14H2,1H3/t17-/m1/s1. The maximum absolute atomic E-state index is 12.7. The molecular weight excluding hydrogens is 332 g/mol. The minimum Gasteiger partial charge on any atom is -0.466 e. The van der Waals surface area contributed by atoms with Crippen molar-refractivity contribution in [2.45, 2.75) is 38.6 Å². The summed E-state index contributed by atoms with van der Waals surface area (Å²) in [4.78, 5) is 40.3. The summed E-state index contributed by atoms with van der Waals surface area (Å²) in [5.74, 6) is -0.429. The summed E-state index contributed by atoms with van der Waals surface area (Å²) in [6, 6.07) is 9.50. The van der Waals surface area contributed by atoms with Crippen molar-refractivity contribution in [3.63, 3.8) is 0 Å². The van der Waals surface area contributed by atoms with Crippen LogP contribution in [0.1, 0.15) is 31.7 Å². The molecule has 0 spiro atoms. The predicted octanol–water partition coefficient (Wildman–Crippen LogP) is 1.63. The lowest BCUT2D eigenvalue weighted by atomic mass is 9.95. The van der Waals surface area contributed by atoms with E-state index in [1.54, 1.807) is 6.92 Å². The van der Waals surface area contributed by atoms with Gasteiger partial charge in [-0.2, -0.15) is 0 Å². The van der Waals surface area contributed by atoms with E-state index in [4.69, 9.17) is 4.74 Å². The Morgan fingerprint density at radius 2 is 1.85 bits per heavy atom.